The minimum absolute atomic E-state index is 0.0361. The van der Waals surface area contributed by atoms with Crippen molar-refractivity contribution in [3.63, 3.8) is 0 Å². The number of rotatable bonds is 5. The summed E-state index contributed by atoms with van der Waals surface area (Å²) in [5, 5.41) is 3.91. The molecule has 1 aliphatic rings. The van der Waals surface area contributed by atoms with Gasteiger partial charge in [-0.2, -0.15) is 18.2 Å². The molecule has 1 saturated carbocycles. The lowest BCUT2D eigenvalue weighted by molar-refractivity contribution is 0.585. The summed E-state index contributed by atoms with van der Waals surface area (Å²) in [6.07, 6.45) is 3.17. The minimum Gasteiger partial charge on any atom is -0.389 e. The molecule has 0 aliphatic heterocycles. The third kappa shape index (κ3) is 2.93. The van der Waals surface area contributed by atoms with E-state index in [0.717, 1.165) is 12.8 Å². The zero-order chi connectivity index (χ0) is 12.6. The van der Waals surface area contributed by atoms with Gasteiger partial charge < -0.3 is 5.73 Å². The first kappa shape index (κ1) is 12.3. The molecule has 0 atom stereocenters. The van der Waals surface area contributed by atoms with Gasteiger partial charge >= 0.3 is 10.2 Å². The maximum absolute atomic E-state index is 11.7. The predicted octanol–water partition coefficient (Wildman–Crippen LogP) is -0.537. The van der Waals surface area contributed by atoms with E-state index in [1.807, 2.05) is 0 Å². The van der Waals surface area contributed by atoms with Gasteiger partial charge in [-0.15, -0.1) is 0 Å². The minimum atomic E-state index is -3.60. The van der Waals surface area contributed by atoms with Gasteiger partial charge in [-0.05, 0) is 12.8 Å². The molecule has 0 bridgehead atoms. The maximum Gasteiger partial charge on any atom is 0.300 e. The molecule has 1 aliphatic carbocycles. The number of thiocarbonyl (C=S) groups is 1. The second kappa shape index (κ2) is 4.24. The van der Waals surface area contributed by atoms with Crippen LogP contribution in [0.5, 0.6) is 0 Å². The van der Waals surface area contributed by atoms with Gasteiger partial charge in [-0.25, -0.2) is 0 Å². The van der Waals surface area contributed by atoms with Crippen LogP contribution in [0.2, 0.25) is 0 Å². The van der Waals surface area contributed by atoms with Gasteiger partial charge in [0.15, 0.2) is 0 Å². The fourth-order valence-corrected chi connectivity index (χ4v) is 2.70. The molecule has 0 spiro atoms. The topological polar surface area (TPSA) is 102 Å². The monoisotopic (exact) mass is 275 g/mol. The van der Waals surface area contributed by atoms with E-state index in [2.05, 4.69) is 14.5 Å². The first-order chi connectivity index (χ1) is 7.89. The third-order valence-corrected chi connectivity index (χ3v) is 3.66. The van der Waals surface area contributed by atoms with E-state index in [1.165, 1.54) is 10.9 Å². The maximum atomic E-state index is 11.7. The van der Waals surface area contributed by atoms with Crippen molar-refractivity contribution in [2.45, 2.75) is 18.9 Å². The summed E-state index contributed by atoms with van der Waals surface area (Å²) in [7, 11) is -1.99. The Morgan fingerprint density at radius 2 is 2.29 bits per heavy atom. The molecule has 0 saturated heterocycles. The lowest BCUT2D eigenvalue weighted by Gasteiger charge is -2.10. The van der Waals surface area contributed by atoms with Gasteiger partial charge in [0.25, 0.3) is 0 Å². The van der Waals surface area contributed by atoms with Crippen molar-refractivity contribution in [1.29, 1.82) is 0 Å². The first-order valence-corrected chi connectivity index (χ1v) is 6.90. The van der Waals surface area contributed by atoms with Crippen LogP contribution in [-0.4, -0.2) is 29.2 Å². The summed E-state index contributed by atoms with van der Waals surface area (Å²) in [5.74, 6) is 0.269. The highest BCUT2D eigenvalue weighted by Gasteiger charge is 2.28. The Labute approximate surface area is 105 Å². The number of nitrogens with two attached hydrogens (primary N) is 1. The fourth-order valence-electron chi connectivity index (χ4n) is 1.32. The van der Waals surface area contributed by atoms with Crippen LogP contribution in [0.1, 0.15) is 18.4 Å². The van der Waals surface area contributed by atoms with Gasteiger partial charge in [0.2, 0.25) is 0 Å². The van der Waals surface area contributed by atoms with Crippen LogP contribution >= 0.6 is 12.2 Å². The molecule has 4 N–H and O–H groups in total. The molecule has 7 nitrogen and oxygen atoms in total. The molecule has 1 heterocycles. The number of aromatic nitrogens is 2. The number of aryl methyl sites for hydroxylation is 1. The number of hydrogen-bond acceptors (Lipinski definition) is 4. The van der Waals surface area contributed by atoms with Crippen LogP contribution in [0.15, 0.2) is 6.20 Å². The molecular formula is C8H13N5O2S2. The van der Waals surface area contributed by atoms with Crippen LogP contribution in [0.3, 0.4) is 0 Å². The van der Waals surface area contributed by atoms with Crippen LogP contribution in [-0.2, 0) is 17.3 Å². The Hall–Kier alpha value is -1.19. The molecule has 94 valence electrons. The third-order valence-electron chi connectivity index (χ3n) is 2.33. The summed E-state index contributed by atoms with van der Waals surface area (Å²) in [6.45, 7) is 0. The largest absolute Gasteiger partial charge is 0.389 e. The molecule has 17 heavy (non-hydrogen) atoms. The van der Waals surface area contributed by atoms with E-state index < -0.39 is 10.2 Å². The summed E-state index contributed by atoms with van der Waals surface area (Å²) in [6, 6.07) is 0.0361. The quantitative estimate of drug-likeness (QED) is 0.627. The number of hydrogen-bond donors (Lipinski definition) is 3. The molecule has 1 aromatic heterocycles. The zero-order valence-electron chi connectivity index (χ0n) is 9.17. The standard InChI is InChI=1S/C8H13N5O2S2/c1-13-8(6(4-10-13)7(9)16)12-17(14,15)11-5-2-3-5/h4-5,11-12H,2-3H2,1H3,(H2,9,16). The Balaban J connectivity index is 2.22. The van der Waals surface area contributed by atoms with Gasteiger partial charge in [-0.3, -0.25) is 9.40 Å². The average molecular weight is 275 g/mol. The second-order valence-corrected chi connectivity index (χ2v) is 5.78. The Morgan fingerprint density at radius 1 is 1.65 bits per heavy atom. The van der Waals surface area contributed by atoms with Gasteiger partial charge in [0, 0.05) is 13.1 Å². The van der Waals surface area contributed by atoms with Crippen LogP contribution in [0, 0.1) is 0 Å². The summed E-state index contributed by atoms with van der Waals surface area (Å²) in [4.78, 5) is 0.0993. The Morgan fingerprint density at radius 3 is 2.82 bits per heavy atom. The van der Waals surface area contributed by atoms with Crippen molar-refractivity contribution in [2.24, 2.45) is 12.8 Å². The second-order valence-electron chi connectivity index (χ2n) is 3.89. The van der Waals surface area contributed by atoms with Crippen molar-refractivity contribution in [2.75, 3.05) is 4.72 Å². The number of anilines is 1. The highest BCUT2D eigenvalue weighted by Crippen LogP contribution is 2.21. The molecule has 0 radical (unpaired) electrons. The van der Waals surface area contributed by atoms with Crippen molar-refractivity contribution >= 4 is 33.2 Å². The molecule has 1 aromatic rings. The predicted molar refractivity (Wildman–Crippen MR) is 67.8 cm³/mol. The van der Waals surface area contributed by atoms with Crippen molar-refractivity contribution < 1.29 is 8.42 Å². The zero-order valence-corrected chi connectivity index (χ0v) is 10.8. The Bertz CT molecular complexity index is 546. The SMILES string of the molecule is Cn1ncc(C(N)=S)c1NS(=O)(=O)NC1CC1. The number of nitrogens with one attached hydrogen (secondary N) is 2. The summed E-state index contributed by atoms with van der Waals surface area (Å²) in [5.41, 5.74) is 5.89. The van der Waals surface area contributed by atoms with Crippen molar-refractivity contribution in [3.05, 3.63) is 11.8 Å². The van der Waals surface area contributed by atoms with Crippen molar-refractivity contribution in [3.8, 4) is 0 Å². The fraction of sp³-hybridized carbons (Fsp3) is 0.500. The van der Waals surface area contributed by atoms with E-state index >= 15 is 0 Å². The summed E-state index contributed by atoms with van der Waals surface area (Å²) >= 11 is 4.82. The molecule has 9 heteroatoms. The molecule has 1 fully saturated rings. The molecule has 2 rings (SSSR count). The van der Waals surface area contributed by atoms with Crippen LogP contribution in [0.4, 0.5) is 5.82 Å². The summed E-state index contributed by atoms with van der Waals surface area (Å²) < 4.78 is 29.7. The van der Waals surface area contributed by atoms with Crippen LogP contribution in [0.25, 0.3) is 0 Å². The number of nitrogens with zero attached hydrogens (tertiary/aromatic N) is 2. The Kier molecular flexibility index (Phi) is 3.06. The van der Waals surface area contributed by atoms with Gasteiger partial charge in [0.1, 0.15) is 10.8 Å². The van der Waals surface area contributed by atoms with Gasteiger partial charge in [0.05, 0.1) is 11.8 Å². The molecule has 0 aromatic carbocycles. The molecule has 0 unspecified atom stereocenters. The highest BCUT2D eigenvalue weighted by atomic mass is 32.2. The van der Waals surface area contributed by atoms with E-state index in [-0.39, 0.29) is 16.8 Å². The molecule has 0 amide bonds. The van der Waals surface area contributed by atoms with E-state index in [0.29, 0.717) is 5.56 Å². The highest BCUT2D eigenvalue weighted by molar-refractivity contribution is 7.90. The normalized spacial score (nSPS) is 15.8. The van der Waals surface area contributed by atoms with Gasteiger partial charge in [-0.1, -0.05) is 12.2 Å². The van der Waals surface area contributed by atoms with E-state index in [4.69, 9.17) is 18.0 Å². The van der Waals surface area contributed by atoms with E-state index in [9.17, 15) is 8.42 Å². The lowest BCUT2D eigenvalue weighted by Crippen LogP contribution is -2.33. The average Bonchev–Trinajstić information content (AvgIpc) is 2.91. The van der Waals surface area contributed by atoms with Crippen molar-refractivity contribution in [1.82, 2.24) is 14.5 Å². The van der Waals surface area contributed by atoms with E-state index in [1.54, 1.807) is 7.05 Å². The van der Waals surface area contributed by atoms with Crippen LogP contribution < -0.4 is 15.2 Å². The first-order valence-electron chi connectivity index (χ1n) is 5.01. The lowest BCUT2D eigenvalue weighted by atomic mass is 10.3. The molecular weight excluding hydrogens is 262 g/mol. The smallest absolute Gasteiger partial charge is 0.300 e.